The zero-order valence-electron chi connectivity index (χ0n) is 12.1. The summed E-state index contributed by atoms with van der Waals surface area (Å²) >= 11 is 4.56. The van der Waals surface area contributed by atoms with Gasteiger partial charge in [0.1, 0.15) is 6.17 Å². The van der Waals surface area contributed by atoms with Crippen LogP contribution in [-0.2, 0) is 4.74 Å². The lowest BCUT2D eigenvalue weighted by molar-refractivity contribution is 0.0626. The van der Waals surface area contributed by atoms with Crippen molar-refractivity contribution < 1.29 is 9.13 Å². The van der Waals surface area contributed by atoms with Gasteiger partial charge in [0.2, 0.25) is 0 Å². The molecule has 0 aliphatic heterocycles. The van der Waals surface area contributed by atoms with Crippen LogP contribution in [-0.4, -0.2) is 30.6 Å². The van der Waals surface area contributed by atoms with Gasteiger partial charge in [-0.2, -0.15) is 0 Å². The summed E-state index contributed by atoms with van der Waals surface area (Å²) < 4.78 is 19.3. The Morgan fingerprint density at radius 3 is 2.35 bits per heavy atom. The SMILES string of the molecule is COC1CCC(C=CC2CCC(N=C=S)C(F)C2)CC1. The molecule has 2 fully saturated rings. The summed E-state index contributed by atoms with van der Waals surface area (Å²) in [6, 6.07) is -0.255. The minimum absolute atomic E-state index is 0.255. The Morgan fingerprint density at radius 2 is 1.75 bits per heavy atom. The van der Waals surface area contributed by atoms with E-state index in [0.29, 0.717) is 24.4 Å². The number of thiocarbonyl (C=S) groups is 1. The van der Waals surface area contributed by atoms with Gasteiger partial charge in [0.25, 0.3) is 0 Å². The molecule has 3 unspecified atom stereocenters. The molecule has 2 aliphatic rings. The van der Waals surface area contributed by atoms with Crippen molar-refractivity contribution in [1.82, 2.24) is 0 Å². The molecule has 0 saturated heterocycles. The number of hydrogen-bond donors (Lipinski definition) is 0. The quantitative estimate of drug-likeness (QED) is 0.437. The number of nitrogens with zero attached hydrogens (tertiary/aromatic N) is 1. The molecule has 0 spiro atoms. The van der Waals surface area contributed by atoms with Crippen LogP contribution in [0.3, 0.4) is 0 Å². The highest BCUT2D eigenvalue weighted by Crippen LogP contribution is 2.32. The number of halogens is 1. The molecule has 0 bridgehead atoms. The minimum atomic E-state index is -0.863. The van der Waals surface area contributed by atoms with E-state index in [9.17, 15) is 4.39 Å². The first-order valence-corrected chi connectivity index (χ1v) is 8.06. The summed E-state index contributed by atoms with van der Waals surface area (Å²) in [5.74, 6) is 1.01. The lowest BCUT2D eigenvalue weighted by atomic mass is 9.82. The van der Waals surface area contributed by atoms with Gasteiger partial charge in [0, 0.05) is 7.11 Å². The van der Waals surface area contributed by atoms with Crippen LogP contribution in [0.5, 0.6) is 0 Å². The fourth-order valence-electron chi connectivity index (χ4n) is 3.35. The van der Waals surface area contributed by atoms with Crippen LogP contribution < -0.4 is 0 Å². The fraction of sp³-hybridized carbons (Fsp3) is 0.812. The number of allylic oxidation sites excluding steroid dienone is 2. The van der Waals surface area contributed by atoms with E-state index in [1.54, 1.807) is 7.11 Å². The molecule has 2 saturated carbocycles. The molecule has 0 N–H and O–H groups in total. The van der Waals surface area contributed by atoms with Crippen LogP contribution in [0.15, 0.2) is 17.1 Å². The molecule has 4 heteroatoms. The smallest absolute Gasteiger partial charge is 0.124 e. The van der Waals surface area contributed by atoms with Gasteiger partial charge in [0.15, 0.2) is 0 Å². The highest BCUT2D eigenvalue weighted by molar-refractivity contribution is 7.78. The number of aliphatic imine (C=N–C) groups is 1. The Kier molecular flexibility index (Phi) is 6.34. The van der Waals surface area contributed by atoms with Crippen LogP contribution in [0.2, 0.25) is 0 Å². The second-order valence-electron chi connectivity index (χ2n) is 6.03. The number of ether oxygens (including phenoxy) is 1. The molecule has 0 amide bonds. The Labute approximate surface area is 126 Å². The monoisotopic (exact) mass is 297 g/mol. The van der Waals surface area contributed by atoms with Gasteiger partial charge in [-0.3, -0.25) is 0 Å². The average Bonchev–Trinajstić information content (AvgIpc) is 2.48. The van der Waals surface area contributed by atoms with Crippen LogP contribution in [0.1, 0.15) is 44.9 Å². The molecule has 0 aromatic heterocycles. The predicted octanol–water partition coefficient (Wildman–Crippen LogP) is 4.36. The maximum Gasteiger partial charge on any atom is 0.124 e. The number of alkyl halides is 1. The van der Waals surface area contributed by atoms with Crippen LogP contribution in [0.4, 0.5) is 4.39 Å². The van der Waals surface area contributed by atoms with E-state index < -0.39 is 6.17 Å². The third-order valence-corrected chi connectivity index (χ3v) is 4.81. The molecule has 3 atom stereocenters. The van der Waals surface area contributed by atoms with Gasteiger partial charge < -0.3 is 4.74 Å². The van der Waals surface area contributed by atoms with E-state index in [1.807, 2.05) is 0 Å². The van der Waals surface area contributed by atoms with E-state index in [1.165, 1.54) is 12.8 Å². The molecule has 0 aromatic carbocycles. The molecule has 112 valence electrons. The van der Waals surface area contributed by atoms with Crippen molar-refractivity contribution in [3.8, 4) is 0 Å². The molecule has 2 rings (SSSR count). The zero-order chi connectivity index (χ0) is 14.4. The number of hydrogen-bond acceptors (Lipinski definition) is 3. The first-order valence-electron chi connectivity index (χ1n) is 7.65. The van der Waals surface area contributed by atoms with E-state index >= 15 is 0 Å². The summed E-state index contributed by atoms with van der Waals surface area (Å²) in [6.45, 7) is 0. The lowest BCUT2D eigenvalue weighted by Crippen LogP contribution is -2.28. The Bertz CT molecular complexity index is 373. The molecule has 20 heavy (non-hydrogen) atoms. The first-order chi connectivity index (χ1) is 9.72. The summed E-state index contributed by atoms with van der Waals surface area (Å²) in [7, 11) is 1.80. The summed E-state index contributed by atoms with van der Waals surface area (Å²) in [6.07, 6.45) is 11.2. The summed E-state index contributed by atoms with van der Waals surface area (Å²) in [4.78, 5) is 3.92. The highest BCUT2D eigenvalue weighted by atomic mass is 32.1. The van der Waals surface area contributed by atoms with Gasteiger partial charge in [-0.05, 0) is 69.0 Å². The Morgan fingerprint density at radius 1 is 1.10 bits per heavy atom. The Balaban J connectivity index is 1.77. The molecule has 0 aromatic rings. The largest absolute Gasteiger partial charge is 0.381 e. The molecule has 2 aliphatic carbocycles. The molecular formula is C16H24FNOS. The van der Waals surface area contributed by atoms with E-state index in [4.69, 9.17) is 4.74 Å². The number of rotatable bonds is 4. The van der Waals surface area contributed by atoms with Crippen LogP contribution >= 0.6 is 12.2 Å². The lowest BCUT2D eigenvalue weighted by Gasteiger charge is -2.28. The Hall–Kier alpha value is -0.570. The van der Waals surface area contributed by atoms with Crippen molar-refractivity contribution in [3.63, 3.8) is 0 Å². The standard InChI is InChI=1S/C16H24FNOS/c1-19-14-7-4-12(5-8-14)2-3-13-6-9-16(18-11-20)15(17)10-13/h2-3,12-16H,4-10H2,1H3. The first kappa shape index (κ1) is 15.8. The van der Waals surface area contributed by atoms with Crippen molar-refractivity contribution >= 4 is 17.4 Å². The second kappa shape index (κ2) is 8.02. The van der Waals surface area contributed by atoms with Gasteiger partial charge in [-0.25, -0.2) is 9.38 Å². The van der Waals surface area contributed by atoms with Crippen molar-refractivity contribution in [2.45, 2.75) is 63.3 Å². The van der Waals surface area contributed by atoms with Crippen molar-refractivity contribution in [2.75, 3.05) is 7.11 Å². The van der Waals surface area contributed by atoms with Gasteiger partial charge in [-0.15, -0.1) is 0 Å². The fourth-order valence-corrected chi connectivity index (χ4v) is 3.48. The van der Waals surface area contributed by atoms with Crippen molar-refractivity contribution in [1.29, 1.82) is 0 Å². The third kappa shape index (κ3) is 4.47. The maximum atomic E-state index is 13.9. The minimum Gasteiger partial charge on any atom is -0.381 e. The van der Waals surface area contributed by atoms with Crippen LogP contribution in [0.25, 0.3) is 0 Å². The number of isothiocyanates is 1. The van der Waals surface area contributed by atoms with Gasteiger partial charge >= 0.3 is 0 Å². The van der Waals surface area contributed by atoms with E-state index in [-0.39, 0.29) is 6.04 Å². The average molecular weight is 297 g/mol. The third-order valence-electron chi connectivity index (χ3n) is 4.70. The molecular weight excluding hydrogens is 273 g/mol. The summed E-state index contributed by atoms with van der Waals surface area (Å²) in [5, 5.41) is 2.31. The van der Waals surface area contributed by atoms with E-state index in [2.05, 4.69) is 34.5 Å². The molecule has 2 nitrogen and oxygen atoms in total. The topological polar surface area (TPSA) is 21.6 Å². The van der Waals surface area contributed by atoms with E-state index in [0.717, 1.165) is 25.7 Å². The molecule has 0 heterocycles. The van der Waals surface area contributed by atoms with Gasteiger partial charge in [0.05, 0.1) is 17.3 Å². The van der Waals surface area contributed by atoms with Crippen molar-refractivity contribution in [2.24, 2.45) is 16.8 Å². The predicted molar refractivity (Wildman–Crippen MR) is 82.9 cm³/mol. The number of methoxy groups -OCH3 is 1. The summed E-state index contributed by atoms with van der Waals surface area (Å²) in [5.41, 5.74) is 0. The zero-order valence-corrected chi connectivity index (χ0v) is 12.9. The highest BCUT2D eigenvalue weighted by Gasteiger charge is 2.29. The van der Waals surface area contributed by atoms with Gasteiger partial charge in [-0.1, -0.05) is 12.2 Å². The second-order valence-corrected chi connectivity index (χ2v) is 6.22. The molecule has 0 radical (unpaired) electrons. The maximum absolute atomic E-state index is 13.9. The normalized spacial score (nSPS) is 38.6. The van der Waals surface area contributed by atoms with Crippen molar-refractivity contribution in [3.05, 3.63) is 12.2 Å². The van der Waals surface area contributed by atoms with Crippen LogP contribution in [0, 0.1) is 11.8 Å².